The van der Waals surface area contributed by atoms with Crippen LogP contribution in [0.4, 0.5) is 11.4 Å². The summed E-state index contributed by atoms with van der Waals surface area (Å²) >= 11 is 0. The van der Waals surface area contributed by atoms with Gasteiger partial charge in [-0.3, -0.25) is 34.6 Å². The van der Waals surface area contributed by atoms with Crippen LogP contribution >= 0.6 is 0 Å². The van der Waals surface area contributed by atoms with Crippen LogP contribution < -0.4 is 0 Å². The van der Waals surface area contributed by atoms with Crippen molar-refractivity contribution < 1.29 is 24.2 Å². The third-order valence-corrected chi connectivity index (χ3v) is 6.44. The highest BCUT2D eigenvalue weighted by atomic mass is 16.6. The summed E-state index contributed by atoms with van der Waals surface area (Å²) in [5.74, 6) is -2.28. The first kappa shape index (κ1) is 23.0. The smallest absolute Gasteiger partial charge is 0.272 e. The molecular weight excluding hydrogens is 444 g/mol. The molecule has 2 aromatic rings. The second-order valence-electron chi connectivity index (χ2n) is 8.71. The van der Waals surface area contributed by atoms with Gasteiger partial charge in [0.1, 0.15) is 0 Å². The van der Waals surface area contributed by atoms with Gasteiger partial charge >= 0.3 is 0 Å². The Hall–Kier alpha value is -4.15. The van der Waals surface area contributed by atoms with Gasteiger partial charge in [-0.1, -0.05) is 19.1 Å². The monoisotopic (exact) mass is 466 g/mol. The van der Waals surface area contributed by atoms with Crippen molar-refractivity contribution in [1.29, 1.82) is 0 Å². The number of hydrogen-bond acceptors (Lipinski definition) is 7. The Morgan fingerprint density at radius 2 is 1.44 bits per heavy atom. The van der Waals surface area contributed by atoms with E-state index in [2.05, 4.69) is 0 Å². The molecule has 1 aliphatic carbocycles. The largest absolute Gasteiger partial charge is 0.273 e. The number of carbonyl (C=O) groups is 3. The summed E-state index contributed by atoms with van der Waals surface area (Å²) in [6.45, 7) is 1.84. The van der Waals surface area contributed by atoms with E-state index in [-0.39, 0.29) is 29.4 Å². The minimum absolute atomic E-state index is 0.0661. The van der Waals surface area contributed by atoms with E-state index < -0.39 is 39.4 Å². The number of imide groups is 1. The van der Waals surface area contributed by atoms with Crippen LogP contribution in [0.1, 0.15) is 42.1 Å². The number of amides is 3. The van der Waals surface area contributed by atoms with Crippen LogP contribution in [0.25, 0.3) is 0 Å². The first-order valence-corrected chi connectivity index (χ1v) is 10.8. The van der Waals surface area contributed by atoms with E-state index >= 15 is 0 Å². The van der Waals surface area contributed by atoms with Gasteiger partial charge in [-0.25, -0.2) is 5.01 Å². The summed E-state index contributed by atoms with van der Waals surface area (Å²) < 4.78 is 0. The van der Waals surface area contributed by atoms with Gasteiger partial charge in [0.15, 0.2) is 0 Å². The van der Waals surface area contributed by atoms with Gasteiger partial charge in [-0.05, 0) is 42.9 Å². The molecule has 11 heteroatoms. The first-order chi connectivity index (χ1) is 16.2. The third-order valence-electron chi connectivity index (χ3n) is 6.44. The highest BCUT2D eigenvalue weighted by molar-refractivity contribution is 6.07. The van der Waals surface area contributed by atoms with Gasteiger partial charge in [0.05, 0.1) is 28.2 Å². The lowest BCUT2D eigenvalue weighted by Crippen LogP contribution is -2.49. The van der Waals surface area contributed by atoms with Crippen LogP contribution in [0, 0.1) is 38.0 Å². The lowest BCUT2D eigenvalue weighted by molar-refractivity contribution is -0.385. The summed E-state index contributed by atoms with van der Waals surface area (Å²) in [4.78, 5) is 60.8. The van der Waals surface area contributed by atoms with Crippen LogP contribution in [0.15, 0.2) is 48.5 Å². The molecule has 176 valence electrons. The molecule has 1 saturated heterocycles. The molecule has 0 unspecified atom stereocenters. The maximum absolute atomic E-state index is 13.5. The molecule has 34 heavy (non-hydrogen) atoms. The molecule has 0 aromatic heterocycles. The standard InChI is InChI=1S/C23H22N4O7/c1-14-2-11-19-20(12-14)23(30)25(22(19)29)24(13-15-3-7-17(8-4-15)26(31)32)21(28)16-5-9-18(10-6-16)27(33)34/h3-10,14,19-20H,2,11-13H2,1H3/t14-,19+,20-/m1/s1. The summed E-state index contributed by atoms with van der Waals surface area (Å²) in [7, 11) is 0. The molecule has 1 saturated carbocycles. The molecule has 0 radical (unpaired) electrons. The van der Waals surface area contributed by atoms with Crippen LogP contribution in [0.5, 0.6) is 0 Å². The molecule has 4 rings (SSSR count). The number of nitro benzene ring substituents is 2. The molecule has 3 amide bonds. The van der Waals surface area contributed by atoms with E-state index in [1.54, 1.807) is 0 Å². The van der Waals surface area contributed by atoms with Gasteiger partial charge in [-0.15, -0.1) is 0 Å². The normalized spacial score (nSPS) is 21.8. The Kier molecular flexibility index (Phi) is 6.10. The number of nitro groups is 2. The lowest BCUT2D eigenvalue weighted by atomic mass is 9.76. The molecule has 0 bridgehead atoms. The summed E-state index contributed by atoms with van der Waals surface area (Å²) in [6.07, 6.45) is 1.93. The predicted octanol–water partition coefficient (Wildman–Crippen LogP) is 3.48. The zero-order valence-electron chi connectivity index (χ0n) is 18.3. The number of benzene rings is 2. The highest BCUT2D eigenvalue weighted by Gasteiger charge is 2.52. The maximum Gasteiger partial charge on any atom is 0.273 e. The summed E-state index contributed by atoms with van der Waals surface area (Å²) in [6, 6.07) is 10.3. The Morgan fingerprint density at radius 3 is 2.00 bits per heavy atom. The van der Waals surface area contributed by atoms with Gasteiger partial charge in [-0.2, -0.15) is 5.01 Å². The van der Waals surface area contributed by atoms with E-state index in [9.17, 15) is 34.6 Å². The van der Waals surface area contributed by atoms with Crippen molar-refractivity contribution in [2.24, 2.45) is 17.8 Å². The van der Waals surface area contributed by atoms with E-state index in [0.29, 0.717) is 18.4 Å². The molecule has 2 aromatic carbocycles. The van der Waals surface area contributed by atoms with E-state index in [4.69, 9.17) is 0 Å². The van der Waals surface area contributed by atoms with E-state index in [1.165, 1.54) is 48.5 Å². The second-order valence-corrected chi connectivity index (χ2v) is 8.71. The topological polar surface area (TPSA) is 144 Å². The molecule has 0 spiro atoms. The highest BCUT2D eigenvalue weighted by Crippen LogP contribution is 2.41. The summed E-state index contributed by atoms with van der Waals surface area (Å²) in [5.41, 5.74) is 0.207. The SMILES string of the molecule is C[C@@H]1CC[C@@H]2C(=O)N(N(Cc3ccc([N+](=O)[O-])cc3)C(=O)c3ccc([N+](=O)[O-])cc3)C(=O)[C@@H]2C1. The van der Waals surface area contributed by atoms with Crippen molar-refractivity contribution in [1.82, 2.24) is 10.0 Å². The van der Waals surface area contributed by atoms with Gasteiger partial charge in [0.25, 0.3) is 29.1 Å². The van der Waals surface area contributed by atoms with Crippen molar-refractivity contribution in [2.75, 3.05) is 0 Å². The molecule has 11 nitrogen and oxygen atoms in total. The fourth-order valence-corrected chi connectivity index (χ4v) is 4.61. The Balaban J connectivity index is 1.69. The fraction of sp³-hybridized carbons (Fsp3) is 0.348. The minimum atomic E-state index is -0.679. The number of fused-ring (bicyclic) bond motifs is 1. The van der Waals surface area contributed by atoms with E-state index in [1.807, 2.05) is 6.92 Å². The molecule has 2 aliphatic rings. The quantitative estimate of drug-likeness (QED) is 0.360. The minimum Gasteiger partial charge on any atom is -0.272 e. The molecule has 0 N–H and O–H groups in total. The predicted molar refractivity (Wildman–Crippen MR) is 118 cm³/mol. The lowest BCUT2D eigenvalue weighted by Gasteiger charge is -2.30. The van der Waals surface area contributed by atoms with Crippen molar-refractivity contribution in [3.05, 3.63) is 79.9 Å². The first-order valence-electron chi connectivity index (χ1n) is 10.8. The second kappa shape index (κ2) is 9.00. The van der Waals surface area contributed by atoms with Crippen LogP contribution in [-0.2, 0) is 16.1 Å². The zero-order chi connectivity index (χ0) is 24.6. The third kappa shape index (κ3) is 4.24. The van der Waals surface area contributed by atoms with Gasteiger partial charge < -0.3 is 0 Å². The maximum atomic E-state index is 13.5. The van der Waals surface area contributed by atoms with E-state index in [0.717, 1.165) is 16.4 Å². The molecule has 1 heterocycles. The Bertz CT molecular complexity index is 1160. The molecule has 2 fully saturated rings. The fourth-order valence-electron chi connectivity index (χ4n) is 4.61. The van der Waals surface area contributed by atoms with Crippen LogP contribution in [-0.4, -0.2) is 37.6 Å². The van der Waals surface area contributed by atoms with Crippen molar-refractivity contribution in [3.63, 3.8) is 0 Å². The van der Waals surface area contributed by atoms with Crippen molar-refractivity contribution >= 4 is 29.1 Å². The average Bonchev–Trinajstić information content (AvgIpc) is 3.06. The van der Waals surface area contributed by atoms with Gasteiger partial charge in [0.2, 0.25) is 0 Å². The number of carbonyl (C=O) groups excluding carboxylic acids is 3. The zero-order valence-corrected chi connectivity index (χ0v) is 18.3. The molecule has 3 atom stereocenters. The van der Waals surface area contributed by atoms with Crippen LogP contribution in [0.2, 0.25) is 0 Å². The van der Waals surface area contributed by atoms with Crippen molar-refractivity contribution in [2.45, 2.75) is 32.7 Å². The average molecular weight is 466 g/mol. The number of non-ortho nitro benzene ring substituents is 2. The van der Waals surface area contributed by atoms with Gasteiger partial charge in [0, 0.05) is 29.8 Å². The number of nitrogens with zero attached hydrogens (tertiary/aromatic N) is 4. The number of hydrogen-bond donors (Lipinski definition) is 0. The van der Waals surface area contributed by atoms with Crippen molar-refractivity contribution in [3.8, 4) is 0 Å². The Morgan fingerprint density at radius 1 is 0.912 bits per heavy atom. The number of rotatable bonds is 6. The summed E-state index contributed by atoms with van der Waals surface area (Å²) in [5, 5.41) is 23.9. The molecule has 1 aliphatic heterocycles. The van der Waals surface area contributed by atoms with Crippen LogP contribution in [0.3, 0.4) is 0 Å². The number of hydrazine groups is 1. The Labute approximate surface area is 194 Å². The molecular formula is C23H22N4O7.